The topological polar surface area (TPSA) is 38.3 Å². The molecule has 0 fully saturated rings. The van der Waals surface area contributed by atoms with Crippen molar-refractivity contribution in [2.24, 2.45) is 0 Å². The van der Waals surface area contributed by atoms with Crippen LogP contribution >= 0.6 is 0 Å². The molecular weight excluding hydrogens is 238 g/mol. The molecule has 0 unspecified atom stereocenters. The summed E-state index contributed by atoms with van der Waals surface area (Å²) in [5.74, 6) is 0.558. The summed E-state index contributed by atoms with van der Waals surface area (Å²) in [7, 11) is 1.60. The highest BCUT2D eigenvalue weighted by Gasteiger charge is 2.12. The van der Waals surface area contributed by atoms with Crippen molar-refractivity contribution in [2.75, 3.05) is 7.05 Å². The van der Waals surface area contributed by atoms with E-state index in [1.807, 2.05) is 42.5 Å². The van der Waals surface area contributed by atoms with Gasteiger partial charge < -0.3 is 10.1 Å². The Morgan fingerprint density at radius 2 is 1.58 bits per heavy atom. The Morgan fingerprint density at radius 1 is 1.00 bits per heavy atom. The van der Waals surface area contributed by atoms with Gasteiger partial charge in [0.1, 0.15) is 5.75 Å². The number of amides is 1. The standard InChI is InChI=1S/C16H17NO2/c1-12(16(18)17-2)19-15-10-8-14(9-11-15)13-6-4-3-5-7-13/h3-12H,1-2H3,(H,17,18)/t12-/m1/s1. The Bertz CT molecular complexity index is 534. The summed E-state index contributed by atoms with van der Waals surface area (Å²) in [6, 6.07) is 17.9. The Hall–Kier alpha value is -2.29. The van der Waals surface area contributed by atoms with Crippen LogP contribution in [0.3, 0.4) is 0 Å². The Labute approximate surface area is 113 Å². The SMILES string of the molecule is CNC(=O)[C@@H](C)Oc1ccc(-c2ccccc2)cc1. The first-order valence-corrected chi connectivity index (χ1v) is 6.24. The highest BCUT2D eigenvalue weighted by Crippen LogP contribution is 2.22. The number of carbonyl (C=O) groups excluding carboxylic acids is 1. The minimum absolute atomic E-state index is 0.132. The zero-order valence-corrected chi connectivity index (χ0v) is 11.1. The molecule has 3 heteroatoms. The van der Waals surface area contributed by atoms with Crippen LogP contribution in [0, 0.1) is 0 Å². The maximum atomic E-state index is 11.4. The van der Waals surface area contributed by atoms with Crippen LogP contribution in [-0.4, -0.2) is 19.1 Å². The molecule has 0 radical (unpaired) electrons. The van der Waals surface area contributed by atoms with E-state index in [0.29, 0.717) is 5.75 Å². The lowest BCUT2D eigenvalue weighted by atomic mass is 10.1. The van der Waals surface area contributed by atoms with E-state index in [1.165, 1.54) is 0 Å². The molecule has 0 aromatic heterocycles. The van der Waals surface area contributed by atoms with Crippen LogP contribution in [0.15, 0.2) is 54.6 Å². The van der Waals surface area contributed by atoms with Crippen LogP contribution in [0.25, 0.3) is 11.1 Å². The predicted molar refractivity (Wildman–Crippen MR) is 76.0 cm³/mol. The number of likely N-dealkylation sites (N-methyl/N-ethyl adjacent to an activating group) is 1. The average molecular weight is 255 g/mol. The van der Waals surface area contributed by atoms with E-state index < -0.39 is 6.10 Å². The minimum Gasteiger partial charge on any atom is -0.481 e. The van der Waals surface area contributed by atoms with Gasteiger partial charge >= 0.3 is 0 Å². The van der Waals surface area contributed by atoms with Gasteiger partial charge in [0.2, 0.25) is 0 Å². The van der Waals surface area contributed by atoms with E-state index in [2.05, 4.69) is 17.4 Å². The van der Waals surface area contributed by atoms with Crippen LogP contribution in [0.4, 0.5) is 0 Å². The first-order chi connectivity index (χ1) is 9.20. The maximum Gasteiger partial charge on any atom is 0.260 e. The van der Waals surface area contributed by atoms with Crippen LogP contribution in [0.5, 0.6) is 5.75 Å². The number of ether oxygens (including phenoxy) is 1. The van der Waals surface area contributed by atoms with Crippen LogP contribution in [0.1, 0.15) is 6.92 Å². The van der Waals surface area contributed by atoms with Crippen molar-refractivity contribution < 1.29 is 9.53 Å². The highest BCUT2D eigenvalue weighted by molar-refractivity contribution is 5.80. The van der Waals surface area contributed by atoms with Crippen molar-refractivity contribution in [1.29, 1.82) is 0 Å². The van der Waals surface area contributed by atoms with E-state index in [1.54, 1.807) is 14.0 Å². The number of carbonyl (C=O) groups is 1. The number of benzene rings is 2. The van der Waals surface area contributed by atoms with Crippen molar-refractivity contribution in [3.8, 4) is 16.9 Å². The molecule has 2 aromatic rings. The van der Waals surface area contributed by atoms with Crippen molar-refractivity contribution in [3.05, 3.63) is 54.6 Å². The molecule has 1 atom stereocenters. The lowest BCUT2D eigenvalue weighted by Gasteiger charge is -2.13. The predicted octanol–water partition coefficient (Wildman–Crippen LogP) is 2.87. The monoisotopic (exact) mass is 255 g/mol. The summed E-state index contributed by atoms with van der Waals surface area (Å²) >= 11 is 0. The fourth-order valence-electron chi connectivity index (χ4n) is 1.82. The second kappa shape index (κ2) is 6.05. The van der Waals surface area contributed by atoms with E-state index in [9.17, 15) is 4.79 Å². The molecule has 0 bridgehead atoms. The second-order valence-electron chi connectivity index (χ2n) is 4.26. The van der Waals surface area contributed by atoms with Gasteiger partial charge in [0, 0.05) is 7.05 Å². The van der Waals surface area contributed by atoms with Crippen LogP contribution in [-0.2, 0) is 4.79 Å². The van der Waals surface area contributed by atoms with Gasteiger partial charge in [-0.15, -0.1) is 0 Å². The first kappa shape index (κ1) is 13.1. The third kappa shape index (κ3) is 3.35. The molecule has 0 aliphatic rings. The van der Waals surface area contributed by atoms with Crippen LogP contribution < -0.4 is 10.1 Å². The molecule has 19 heavy (non-hydrogen) atoms. The Morgan fingerprint density at radius 3 is 2.16 bits per heavy atom. The quantitative estimate of drug-likeness (QED) is 0.912. The number of hydrogen-bond donors (Lipinski definition) is 1. The summed E-state index contributed by atoms with van der Waals surface area (Å²) in [6.07, 6.45) is -0.493. The molecular formula is C16H17NO2. The van der Waals surface area contributed by atoms with Gasteiger partial charge in [0.15, 0.2) is 6.10 Å². The zero-order chi connectivity index (χ0) is 13.7. The van der Waals surface area contributed by atoms with Gasteiger partial charge in [-0.1, -0.05) is 42.5 Å². The van der Waals surface area contributed by atoms with E-state index in [0.717, 1.165) is 11.1 Å². The molecule has 0 aliphatic heterocycles. The van der Waals surface area contributed by atoms with Gasteiger partial charge in [-0.25, -0.2) is 0 Å². The molecule has 1 amide bonds. The number of hydrogen-bond acceptors (Lipinski definition) is 2. The fraction of sp³-hybridized carbons (Fsp3) is 0.188. The third-order valence-electron chi connectivity index (χ3n) is 2.89. The summed E-state index contributed by atoms with van der Waals surface area (Å²) in [5.41, 5.74) is 2.29. The van der Waals surface area contributed by atoms with Crippen molar-refractivity contribution in [3.63, 3.8) is 0 Å². The molecule has 0 saturated carbocycles. The summed E-state index contributed by atoms with van der Waals surface area (Å²) in [5, 5.41) is 2.56. The number of nitrogens with one attached hydrogen (secondary N) is 1. The zero-order valence-electron chi connectivity index (χ0n) is 11.1. The van der Waals surface area contributed by atoms with Gasteiger partial charge in [-0.3, -0.25) is 4.79 Å². The first-order valence-electron chi connectivity index (χ1n) is 6.24. The summed E-state index contributed by atoms with van der Waals surface area (Å²) in [6.45, 7) is 1.73. The normalized spacial score (nSPS) is 11.7. The molecule has 3 nitrogen and oxygen atoms in total. The van der Waals surface area contributed by atoms with Crippen molar-refractivity contribution in [1.82, 2.24) is 5.32 Å². The molecule has 0 saturated heterocycles. The van der Waals surface area contributed by atoms with Gasteiger partial charge in [0.25, 0.3) is 5.91 Å². The largest absolute Gasteiger partial charge is 0.481 e. The Balaban J connectivity index is 2.09. The molecule has 0 spiro atoms. The second-order valence-corrected chi connectivity index (χ2v) is 4.26. The van der Waals surface area contributed by atoms with E-state index in [4.69, 9.17) is 4.74 Å². The molecule has 2 rings (SSSR count). The summed E-state index contributed by atoms with van der Waals surface area (Å²) < 4.78 is 5.55. The van der Waals surface area contributed by atoms with Crippen LogP contribution in [0.2, 0.25) is 0 Å². The van der Waals surface area contributed by atoms with Gasteiger partial charge in [-0.05, 0) is 30.2 Å². The minimum atomic E-state index is -0.493. The maximum absolute atomic E-state index is 11.4. The third-order valence-corrected chi connectivity index (χ3v) is 2.89. The molecule has 0 aliphatic carbocycles. The van der Waals surface area contributed by atoms with Crippen molar-refractivity contribution >= 4 is 5.91 Å². The van der Waals surface area contributed by atoms with Gasteiger partial charge in [0.05, 0.1) is 0 Å². The van der Waals surface area contributed by atoms with E-state index >= 15 is 0 Å². The highest BCUT2D eigenvalue weighted by atomic mass is 16.5. The summed E-state index contributed by atoms with van der Waals surface area (Å²) in [4.78, 5) is 11.4. The fourth-order valence-corrected chi connectivity index (χ4v) is 1.82. The molecule has 0 heterocycles. The lowest BCUT2D eigenvalue weighted by molar-refractivity contribution is -0.126. The van der Waals surface area contributed by atoms with E-state index in [-0.39, 0.29) is 5.91 Å². The van der Waals surface area contributed by atoms with Gasteiger partial charge in [-0.2, -0.15) is 0 Å². The molecule has 98 valence electrons. The van der Waals surface area contributed by atoms with Crippen molar-refractivity contribution in [2.45, 2.75) is 13.0 Å². The smallest absolute Gasteiger partial charge is 0.260 e. The molecule has 2 aromatic carbocycles. The molecule has 1 N–H and O–H groups in total. The Kier molecular flexibility index (Phi) is 4.18. The lowest BCUT2D eigenvalue weighted by Crippen LogP contribution is -2.33. The average Bonchev–Trinajstić information content (AvgIpc) is 2.48. The number of rotatable bonds is 4.